The Bertz CT molecular complexity index is 594. The van der Waals surface area contributed by atoms with Crippen LogP contribution in [0, 0.1) is 0 Å². The van der Waals surface area contributed by atoms with Gasteiger partial charge in [-0.1, -0.05) is 51.3 Å². The first-order valence-corrected chi connectivity index (χ1v) is 6.98. The van der Waals surface area contributed by atoms with Crippen molar-refractivity contribution in [3.63, 3.8) is 0 Å². The van der Waals surface area contributed by atoms with Crippen molar-refractivity contribution in [1.29, 1.82) is 0 Å². The highest BCUT2D eigenvalue weighted by molar-refractivity contribution is 9.10. The molecule has 0 spiro atoms. The van der Waals surface area contributed by atoms with Gasteiger partial charge in [0.05, 0.1) is 5.56 Å². The highest BCUT2D eigenvalue weighted by Gasteiger charge is 2.11. The molecule has 0 bridgehead atoms. The van der Waals surface area contributed by atoms with E-state index in [2.05, 4.69) is 15.9 Å². The van der Waals surface area contributed by atoms with Crippen LogP contribution in [0.15, 0.2) is 46.9 Å². The number of benzene rings is 2. The Morgan fingerprint density at radius 3 is 2.37 bits per heavy atom. The number of esters is 1. The molecule has 0 amide bonds. The van der Waals surface area contributed by atoms with Gasteiger partial charge in [0.15, 0.2) is 0 Å². The van der Waals surface area contributed by atoms with Crippen molar-refractivity contribution >= 4 is 45.1 Å². The molecule has 19 heavy (non-hydrogen) atoms. The molecule has 0 N–H and O–H groups in total. The summed E-state index contributed by atoms with van der Waals surface area (Å²) in [6.45, 7) is 0.0455. The molecular weight excluding hydrogens is 351 g/mol. The summed E-state index contributed by atoms with van der Waals surface area (Å²) in [5.74, 6) is -0.419. The van der Waals surface area contributed by atoms with E-state index < -0.39 is 5.97 Å². The lowest BCUT2D eigenvalue weighted by atomic mass is 10.2. The van der Waals surface area contributed by atoms with Crippen molar-refractivity contribution in [2.75, 3.05) is 0 Å². The SMILES string of the molecule is O=C(OCc1c(Cl)cccc1Cl)c1cccc(Br)c1. The quantitative estimate of drug-likeness (QED) is 0.711. The van der Waals surface area contributed by atoms with Crippen molar-refractivity contribution < 1.29 is 9.53 Å². The molecular formula is C14H9BrCl2O2. The van der Waals surface area contributed by atoms with Crippen LogP contribution in [-0.4, -0.2) is 5.97 Å². The Balaban J connectivity index is 2.09. The van der Waals surface area contributed by atoms with Gasteiger partial charge in [-0.3, -0.25) is 0 Å². The molecule has 0 saturated heterocycles. The summed E-state index contributed by atoms with van der Waals surface area (Å²) in [5.41, 5.74) is 1.08. The summed E-state index contributed by atoms with van der Waals surface area (Å²) in [7, 11) is 0. The average molecular weight is 360 g/mol. The number of ether oxygens (including phenoxy) is 1. The van der Waals surface area contributed by atoms with E-state index in [1.165, 1.54) is 0 Å². The maximum atomic E-state index is 11.9. The van der Waals surface area contributed by atoms with E-state index in [4.69, 9.17) is 27.9 Å². The van der Waals surface area contributed by atoms with Crippen LogP contribution in [0.5, 0.6) is 0 Å². The number of hydrogen-bond acceptors (Lipinski definition) is 2. The molecule has 0 saturated carbocycles. The van der Waals surface area contributed by atoms with E-state index in [0.29, 0.717) is 21.2 Å². The van der Waals surface area contributed by atoms with Crippen LogP contribution >= 0.6 is 39.1 Å². The molecule has 5 heteroatoms. The van der Waals surface area contributed by atoms with Crippen molar-refractivity contribution in [2.45, 2.75) is 6.61 Å². The van der Waals surface area contributed by atoms with Crippen LogP contribution in [0.3, 0.4) is 0 Å². The summed E-state index contributed by atoms with van der Waals surface area (Å²) in [4.78, 5) is 11.9. The second-order valence-corrected chi connectivity index (χ2v) is 5.52. The third-order valence-corrected chi connectivity index (χ3v) is 3.67. The van der Waals surface area contributed by atoms with E-state index >= 15 is 0 Å². The summed E-state index contributed by atoms with van der Waals surface area (Å²) >= 11 is 15.3. The summed E-state index contributed by atoms with van der Waals surface area (Å²) < 4.78 is 6.02. The molecule has 0 heterocycles. The fourth-order valence-corrected chi connectivity index (χ4v) is 2.41. The lowest BCUT2D eigenvalue weighted by molar-refractivity contribution is 0.0473. The van der Waals surface area contributed by atoms with Crippen molar-refractivity contribution in [1.82, 2.24) is 0 Å². The molecule has 2 aromatic rings. The third kappa shape index (κ3) is 3.72. The van der Waals surface area contributed by atoms with E-state index in [9.17, 15) is 4.79 Å². The zero-order valence-corrected chi connectivity index (χ0v) is 12.8. The van der Waals surface area contributed by atoms with Gasteiger partial charge in [0.1, 0.15) is 6.61 Å². The Labute approximate surface area is 129 Å². The van der Waals surface area contributed by atoms with Gasteiger partial charge in [-0.15, -0.1) is 0 Å². The molecule has 2 nitrogen and oxygen atoms in total. The highest BCUT2D eigenvalue weighted by atomic mass is 79.9. The lowest BCUT2D eigenvalue weighted by Gasteiger charge is -2.08. The minimum Gasteiger partial charge on any atom is -0.457 e. The van der Waals surface area contributed by atoms with Gasteiger partial charge in [0.2, 0.25) is 0 Å². The molecule has 2 rings (SSSR count). The van der Waals surface area contributed by atoms with Gasteiger partial charge < -0.3 is 4.74 Å². The van der Waals surface area contributed by atoms with Crippen LogP contribution in [0.25, 0.3) is 0 Å². The Morgan fingerprint density at radius 2 is 1.74 bits per heavy atom. The molecule has 0 aliphatic carbocycles. The molecule has 0 radical (unpaired) electrons. The molecule has 0 fully saturated rings. The van der Waals surface area contributed by atoms with Gasteiger partial charge >= 0.3 is 5.97 Å². The van der Waals surface area contributed by atoms with E-state index in [-0.39, 0.29) is 6.61 Å². The molecule has 98 valence electrons. The maximum absolute atomic E-state index is 11.9. The highest BCUT2D eigenvalue weighted by Crippen LogP contribution is 2.25. The van der Waals surface area contributed by atoms with Crippen LogP contribution in [-0.2, 0) is 11.3 Å². The lowest BCUT2D eigenvalue weighted by Crippen LogP contribution is -2.05. The Morgan fingerprint density at radius 1 is 1.11 bits per heavy atom. The van der Waals surface area contributed by atoms with E-state index in [1.54, 1.807) is 36.4 Å². The third-order valence-electron chi connectivity index (χ3n) is 2.47. The first-order chi connectivity index (χ1) is 9.08. The molecule has 0 unspecified atom stereocenters. The van der Waals surface area contributed by atoms with Crippen molar-refractivity contribution in [3.8, 4) is 0 Å². The smallest absolute Gasteiger partial charge is 0.338 e. The second-order valence-electron chi connectivity index (χ2n) is 3.79. The minimum absolute atomic E-state index is 0.0455. The number of carbonyl (C=O) groups excluding carboxylic acids is 1. The topological polar surface area (TPSA) is 26.3 Å². The van der Waals surface area contributed by atoms with Gasteiger partial charge in [-0.2, -0.15) is 0 Å². The molecule has 2 aromatic carbocycles. The zero-order chi connectivity index (χ0) is 13.8. The Kier molecular flexibility index (Phi) is 4.86. The summed E-state index contributed by atoms with van der Waals surface area (Å²) in [6, 6.07) is 12.1. The van der Waals surface area contributed by atoms with Crippen LogP contribution in [0.2, 0.25) is 10.0 Å². The molecule has 0 aromatic heterocycles. The van der Waals surface area contributed by atoms with Crippen molar-refractivity contribution in [2.24, 2.45) is 0 Å². The first kappa shape index (κ1) is 14.4. The largest absolute Gasteiger partial charge is 0.457 e. The molecule has 0 atom stereocenters. The minimum atomic E-state index is -0.419. The number of carbonyl (C=O) groups is 1. The zero-order valence-electron chi connectivity index (χ0n) is 9.70. The van der Waals surface area contributed by atoms with Gasteiger partial charge in [-0.25, -0.2) is 4.79 Å². The summed E-state index contributed by atoms with van der Waals surface area (Å²) in [6.07, 6.45) is 0. The Hall–Kier alpha value is -1.03. The van der Waals surface area contributed by atoms with Gasteiger partial charge in [0.25, 0.3) is 0 Å². The standard InChI is InChI=1S/C14H9BrCl2O2/c15-10-4-1-3-9(7-10)14(18)19-8-11-12(16)5-2-6-13(11)17/h1-7H,8H2. The van der Waals surface area contributed by atoms with Crippen LogP contribution < -0.4 is 0 Å². The second kappa shape index (κ2) is 6.42. The fraction of sp³-hybridized carbons (Fsp3) is 0.0714. The van der Waals surface area contributed by atoms with Crippen molar-refractivity contribution in [3.05, 3.63) is 68.1 Å². The van der Waals surface area contributed by atoms with Crippen LogP contribution in [0.4, 0.5) is 0 Å². The number of rotatable bonds is 3. The van der Waals surface area contributed by atoms with E-state index in [1.807, 2.05) is 6.07 Å². The van der Waals surface area contributed by atoms with E-state index in [0.717, 1.165) is 4.47 Å². The fourth-order valence-electron chi connectivity index (χ4n) is 1.51. The monoisotopic (exact) mass is 358 g/mol. The molecule has 0 aliphatic rings. The predicted octanol–water partition coefficient (Wildman–Crippen LogP) is 5.11. The first-order valence-electron chi connectivity index (χ1n) is 5.43. The average Bonchev–Trinajstić information content (AvgIpc) is 2.38. The van der Waals surface area contributed by atoms with Crippen LogP contribution in [0.1, 0.15) is 15.9 Å². The maximum Gasteiger partial charge on any atom is 0.338 e. The molecule has 0 aliphatic heterocycles. The number of halogens is 3. The van der Waals surface area contributed by atoms with Gasteiger partial charge in [-0.05, 0) is 30.3 Å². The van der Waals surface area contributed by atoms with Gasteiger partial charge in [0, 0.05) is 20.1 Å². The predicted molar refractivity (Wildman–Crippen MR) is 79.7 cm³/mol. The number of hydrogen-bond donors (Lipinski definition) is 0. The normalized spacial score (nSPS) is 10.3. The summed E-state index contributed by atoms with van der Waals surface area (Å²) in [5, 5.41) is 0.962.